The molecule has 1 aromatic rings. The zero-order valence-corrected chi connectivity index (χ0v) is 8.05. The van der Waals surface area contributed by atoms with Crippen molar-refractivity contribution in [2.24, 2.45) is 0 Å². The van der Waals surface area contributed by atoms with Gasteiger partial charge in [-0.05, 0) is 24.6 Å². The minimum absolute atomic E-state index is 0.127. The highest BCUT2D eigenvalue weighted by atomic mass is 35.5. The lowest BCUT2D eigenvalue weighted by atomic mass is 10.1. The topological polar surface area (TPSA) is 46.5 Å². The van der Waals surface area contributed by atoms with E-state index < -0.39 is 5.97 Å². The van der Waals surface area contributed by atoms with Gasteiger partial charge in [-0.15, -0.1) is 0 Å². The first kappa shape index (κ1) is 9.86. The first-order chi connectivity index (χ1) is 6.06. The van der Waals surface area contributed by atoms with Crippen LogP contribution in [0.4, 0.5) is 0 Å². The van der Waals surface area contributed by atoms with Crippen LogP contribution in [0.15, 0.2) is 12.1 Å². The molecule has 0 radical (unpaired) electrons. The number of methoxy groups -OCH3 is 1. The van der Waals surface area contributed by atoms with Crippen LogP contribution >= 0.6 is 11.6 Å². The summed E-state index contributed by atoms with van der Waals surface area (Å²) in [6.07, 6.45) is 0. The molecule has 0 aliphatic heterocycles. The van der Waals surface area contributed by atoms with Gasteiger partial charge in [0, 0.05) is 0 Å². The van der Waals surface area contributed by atoms with Crippen LogP contribution in [0.3, 0.4) is 0 Å². The number of halogens is 1. The van der Waals surface area contributed by atoms with Crippen LogP contribution < -0.4 is 4.74 Å². The van der Waals surface area contributed by atoms with E-state index in [-0.39, 0.29) is 10.6 Å². The quantitative estimate of drug-likeness (QED) is 0.797. The molecule has 1 N–H and O–H groups in total. The molecule has 0 aliphatic rings. The Morgan fingerprint density at radius 1 is 1.54 bits per heavy atom. The molecule has 1 aromatic carbocycles. The van der Waals surface area contributed by atoms with Crippen molar-refractivity contribution in [3.63, 3.8) is 0 Å². The van der Waals surface area contributed by atoms with Crippen LogP contribution in [0.2, 0.25) is 5.02 Å². The maximum absolute atomic E-state index is 10.7. The van der Waals surface area contributed by atoms with E-state index >= 15 is 0 Å². The van der Waals surface area contributed by atoms with Gasteiger partial charge in [0.15, 0.2) is 0 Å². The van der Waals surface area contributed by atoms with Gasteiger partial charge in [-0.3, -0.25) is 0 Å². The normalized spacial score (nSPS) is 9.77. The Morgan fingerprint density at radius 3 is 2.54 bits per heavy atom. The minimum atomic E-state index is -1.02. The standard InChI is InChI=1S/C9H9ClO3/c1-5-3-6(13-2)4-7(10)8(5)9(11)12/h3-4H,1-2H3,(H,11,12). The van der Waals surface area contributed by atoms with E-state index in [2.05, 4.69) is 0 Å². The number of rotatable bonds is 2. The maximum atomic E-state index is 10.7. The number of carboxylic acids is 1. The van der Waals surface area contributed by atoms with E-state index in [0.717, 1.165) is 0 Å². The summed E-state index contributed by atoms with van der Waals surface area (Å²) in [7, 11) is 1.51. The Hall–Kier alpha value is -1.22. The monoisotopic (exact) mass is 200 g/mol. The molecular weight excluding hydrogens is 192 g/mol. The molecule has 1 rings (SSSR count). The second-order valence-electron chi connectivity index (χ2n) is 2.61. The van der Waals surface area contributed by atoms with Crippen molar-refractivity contribution in [1.82, 2.24) is 0 Å². The van der Waals surface area contributed by atoms with E-state index in [1.807, 2.05) is 0 Å². The molecule has 0 fully saturated rings. The fourth-order valence-corrected chi connectivity index (χ4v) is 1.44. The number of aromatic carboxylic acids is 1. The summed E-state index contributed by atoms with van der Waals surface area (Å²) in [4.78, 5) is 10.7. The van der Waals surface area contributed by atoms with Gasteiger partial charge in [-0.1, -0.05) is 11.6 Å². The molecular formula is C9H9ClO3. The van der Waals surface area contributed by atoms with E-state index in [4.69, 9.17) is 21.4 Å². The molecule has 4 heteroatoms. The number of benzene rings is 1. The van der Waals surface area contributed by atoms with Crippen LogP contribution in [-0.4, -0.2) is 18.2 Å². The largest absolute Gasteiger partial charge is 0.497 e. The van der Waals surface area contributed by atoms with Gasteiger partial charge in [0.2, 0.25) is 0 Å². The average molecular weight is 201 g/mol. The predicted octanol–water partition coefficient (Wildman–Crippen LogP) is 2.36. The highest BCUT2D eigenvalue weighted by molar-refractivity contribution is 6.33. The number of hydrogen-bond donors (Lipinski definition) is 1. The lowest BCUT2D eigenvalue weighted by Gasteiger charge is -2.06. The summed E-state index contributed by atoms with van der Waals surface area (Å²) < 4.78 is 4.93. The molecule has 0 saturated heterocycles. The molecule has 0 spiro atoms. The lowest BCUT2D eigenvalue weighted by Crippen LogP contribution is -2.01. The number of carboxylic acid groups (broad SMARTS) is 1. The summed E-state index contributed by atoms with van der Waals surface area (Å²) in [6, 6.07) is 3.12. The molecule has 0 bridgehead atoms. The zero-order valence-electron chi connectivity index (χ0n) is 7.30. The summed E-state index contributed by atoms with van der Waals surface area (Å²) in [5.74, 6) is -0.461. The molecule has 0 aromatic heterocycles. The maximum Gasteiger partial charge on any atom is 0.337 e. The third-order valence-corrected chi connectivity index (χ3v) is 2.01. The molecule has 70 valence electrons. The first-order valence-electron chi connectivity index (χ1n) is 3.63. The number of hydrogen-bond acceptors (Lipinski definition) is 2. The molecule has 0 amide bonds. The van der Waals surface area contributed by atoms with Crippen molar-refractivity contribution >= 4 is 17.6 Å². The van der Waals surface area contributed by atoms with Crippen LogP contribution in [0.1, 0.15) is 15.9 Å². The van der Waals surface area contributed by atoms with Gasteiger partial charge in [-0.2, -0.15) is 0 Å². The Labute approximate surface area is 80.9 Å². The number of aryl methyl sites for hydroxylation is 1. The van der Waals surface area contributed by atoms with Gasteiger partial charge >= 0.3 is 5.97 Å². The second kappa shape index (κ2) is 3.66. The van der Waals surface area contributed by atoms with Gasteiger partial charge < -0.3 is 9.84 Å². The summed E-state index contributed by atoms with van der Waals surface area (Å²) >= 11 is 5.75. The third kappa shape index (κ3) is 1.92. The first-order valence-corrected chi connectivity index (χ1v) is 4.01. The third-order valence-electron chi connectivity index (χ3n) is 1.71. The molecule has 0 aliphatic carbocycles. The van der Waals surface area contributed by atoms with Gasteiger partial charge in [0.25, 0.3) is 0 Å². The van der Waals surface area contributed by atoms with Crippen LogP contribution in [-0.2, 0) is 0 Å². The summed E-state index contributed by atoms with van der Waals surface area (Å²) in [6.45, 7) is 1.68. The highest BCUT2D eigenvalue weighted by Crippen LogP contribution is 2.25. The fourth-order valence-electron chi connectivity index (χ4n) is 1.10. The van der Waals surface area contributed by atoms with E-state index in [9.17, 15) is 4.79 Å². The smallest absolute Gasteiger partial charge is 0.337 e. The van der Waals surface area contributed by atoms with E-state index in [0.29, 0.717) is 11.3 Å². The molecule has 3 nitrogen and oxygen atoms in total. The minimum Gasteiger partial charge on any atom is -0.497 e. The fraction of sp³-hybridized carbons (Fsp3) is 0.222. The van der Waals surface area contributed by atoms with Crippen molar-refractivity contribution < 1.29 is 14.6 Å². The molecule has 13 heavy (non-hydrogen) atoms. The van der Waals surface area contributed by atoms with Crippen LogP contribution in [0, 0.1) is 6.92 Å². The second-order valence-corrected chi connectivity index (χ2v) is 3.01. The molecule has 0 heterocycles. The Balaban J connectivity index is 3.31. The number of ether oxygens (including phenoxy) is 1. The zero-order chi connectivity index (χ0) is 10.0. The lowest BCUT2D eigenvalue weighted by molar-refractivity contribution is 0.0696. The molecule has 0 saturated carbocycles. The summed E-state index contributed by atoms with van der Waals surface area (Å²) in [5.41, 5.74) is 0.722. The van der Waals surface area contributed by atoms with Crippen LogP contribution in [0.25, 0.3) is 0 Å². The summed E-state index contributed by atoms with van der Waals surface area (Å²) in [5, 5.41) is 8.98. The van der Waals surface area contributed by atoms with Crippen molar-refractivity contribution in [1.29, 1.82) is 0 Å². The predicted molar refractivity (Wildman–Crippen MR) is 49.7 cm³/mol. The molecule has 0 atom stereocenters. The van der Waals surface area contributed by atoms with Crippen molar-refractivity contribution in [2.45, 2.75) is 6.92 Å². The number of carbonyl (C=O) groups is 1. The average Bonchev–Trinajstić information content (AvgIpc) is 2.02. The SMILES string of the molecule is COc1cc(C)c(C(=O)O)c(Cl)c1. The van der Waals surface area contributed by atoms with Gasteiger partial charge in [0.05, 0.1) is 17.7 Å². The van der Waals surface area contributed by atoms with Crippen molar-refractivity contribution in [3.8, 4) is 5.75 Å². The van der Waals surface area contributed by atoms with Gasteiger partial charge in [0.1, 0.15) is 5.75 Å². The Bertz CT molecular complexity index is 324. The van der Waals surface area contributed by atoms with E-state index in [1.54, 1.807) is 13.0 Å². The van der Waals surface area contributed by atoms with Crippen LogP contribution in [0.5, 0.6) is 5.75 Å². The van der Waals surface area contributed by atoms with Crippen molar-refractivity contribution in [3.05, 3.63) is 28.3 Å². The Kier molecular flexibility index (Phi) is 2.78. The van der Waals surface area contributed by atoms with Crippen molar-refractivity contribution in [2.75, 3.05) is 7.11 Å². The Morgan fingerprint density at radius 2 is 2.15 bits per heavy atom. The highest BCUT2D eigenvalue weighted by Gasteiger charge is 2.13. The van der Waals surface area contributed by atoms with Gasteiger partial charge in [-0.25, -0.2) is 4.79 Å². The molecule has 0 unspecified atom stereocenters. The van der Waals surface area contributed by atoms with E-state index in [1.165, 1.54) is 13.2 Å².